The fourth-order valence-corrected chi connectivity index (χ4v) is 5.05. The SMILES string of the molecule is CC(C)(C)c1cc(CCC(=O)O[CH]C(S)OC(=O)CCc2cc(C(C)(C)C)c(O)c(C(C)(C)C)c2)cc(C(C)(C)C)c1O. The molecule has 0 aliphatic carbocycles. The van der Waals surface area contributed by atoms with E-state index in [-0.39, 0.29) is 34.5 Å². The van der Waals surface area contributed by atoms with Gasteiger partial charge in [-0.05, 0) is 67.9 Å². The maximum atomic E-state index is 12.6. The molecule has 239 valence electrons. The first-order valence-electron chi connectivity index (χ1n) is 15.1. The molecule has 0 aliphatic rings. The number of esters is 2. The van der Waals surface area contributed by atoms with Gasteiger partial charge in [-0.15, -0.1) is 12.6 Å². The lowest BCUT2D eigenvalue weighted by molar-refractivity contribution is -0.149. The fraction of sp³-hybridized carbons (Fsp3) is 0.583. The molecule has 2 N–H and O–H groups in total. The number of carbonyl (C=O) groups is 2. The van der Waals surface area contributed by atoms with Gasteiger partial charge < -0.3 is 19.7 Å². The molecule has 2 aromatic carbocycles. The van der Waals surface area contributed by atoms with Crippen molar-refractivity contribution < 1.29 is 29.3 Å². The Bertz CT molecular complexity index is 1230. The molecule has 0 saturated heterocycles. The van der Waals surface area contributed by atoms with Gasteiger partial charge >= 0.3 is 11.9 Å². The molecule has 0 amide bonds. The second-order valence-corrected chi connectivity index (χ2v) is 16.1. The van der Waals surface area contributed by atoms with E-state index in [1.54, 1.807) is 0 Å². The minimum Gasteiger partial charge on any atom is -0.507 e. The second-order valence-electron chi connectivity index (χ2n) is 15.6. The average Bonchev–Trinajstić information content (AvgIpc) is 2.83. The standard InChI is InChI=1S/C36H53O6S/c1-33(2,3)24-17-22(18-25(31(24)39)34(4,5)6)13-15-28(37)41-21-30(43)42-29(38)16-14-23-19-26(35(7,8)9)32(40)27(20-23)36(10,11)12/h17-21,30,39-40,43H,13-16H2,1-12H3. The van der Waals surface area contributed by atoms with Crippen molar-refractivity contribution >= 4 is 24.6 Å². The number of rotatable bonds is 9. The first-order chi connectivity index (χ1) is 19.4. The van der Waals surface area contributed by atoms with Crippen molar-refractivity contribution in [1.29, 1.82) is 0 Å². The third-order valence-corrected chi connectivity index (χ3v) is 7.60. The number of aryl methyl sites for hydroxylation is 2. The number of hydrogen-bond donors (Lipinski definition) is 3. The van der Waals surface area contributed by atoms with Gasteiger partial charge in [-0.2, -0.15) is 0 Å². The van der Waals surface area contributed by atoms with Crippen LogP contribution in [-0.2, 0) is 53.6 Å². The Kier molecular flexibility index (Phi) is 11.5. The normalized spacial score (nSPS) is 13.5. The molecule has 0 spiro atoms. The molecular weight excluding hydrogens is 560 g/mol. The van der Waals surface area contributed by atoms with E-state index in [0.717, 1.165) is 40.0 Å². The Morgan fingerprint density at radius 1 is 0.651 bits per heavy atom. The minimum atomic E-state index is -1.000. The van der Waals surface area contributed by atoms with Gasteiger partial charge in [-0.25, -0.2) is 0 Å². The first kappa shape index (κ1) is 36.5. The Labute approximate surface area is 265 Å². The highest BCUT2D eigenvalue weighted by Crippen LogP contribution is 2.41. The van der Waals surface area contributed by atoms with Crippen LogP contribution in [0, 0.1) is 6.61 Å². The van der Waals surface area contributed by atoms with Crippen LogP contribution in [0.15, 0.2) is 24.3 Å². The van der Waals surface area contributed by atoms with Gasteiger partial charge in [0.1, 0.15) is 11.5 Å². The number of benzene rings is 2. The maximum absolute atomic E-state index is 12.6. The van der Waals surface area contributed by atoms with Gasteiger partial charge in [0.15, 0.2) is 12.0 Å². The van der Waals surface area contributed by atoms with Crippen LogP contribution in [-0.4, -0.2) is 27.6 Å². The number of thiol groups is 1. The molecule has 1 atom stereocenters. The fourth-order valence-electron chi connectivity index (χ4n) is 4.87. The smallest absolute Gasteiger partial charge is 0.307 e. The molecule has 0 aliphatic heterocycles. The average molecular weight is 614 g/mol. The summed E-state index contributed by atoms with van der Waals surface area (Å²) in [6.07, 6.45) is 1.11. The molecule has 1 radical (unpaired) electrons. The molecule has 2 rings (SSSR count). The van der Waals surface area contributed by atoms with E-state index in [4.69, 9.17) is 9.47 Å². The van der Waals surface area contributed by atoms with Crippen LogP contribution in [0.3, 0.4) is 0 Å². The van der Waals surface area contributed by atoms with E-state index in [1.165, 1.54) is 0 Å². The molecule has 7 heteroatoms. The zero-order chi connectivity index (χ0) is 33.1. The summed E-state index contributed by atoms with van der Waals surface area (Å²) in [4.78, 5) is 25.1. The molecule has 0 aromatic heterocycles. The molecule has 0 fully saturated rings. The zero-order valence-corrected chi connectivity index (χ0v) is 29.2. The molecule has 0 heterocycles. The molecule has 2 aromatic rings. The molecule has 1 unspecified atom stereocenters. The van der Waals surface area contributed by atoms with E-state index >= 15 is 0 Å². The lowest BCUT2D eigenvalue weighted by atomic mass is 9.78. The highest BCUT2D eigenvalue weighted by atomic mass is 32.1. The predicted octanol–water partition coefficient (Wildman–Crippen LogP) is 8.36. The summed E-state index contributed by atoms with van der Waals surface area (Å²) in [5.74, 6) is -0.336. The highest BCUT2D eigenvalue weighted by molar-refractivity contribution is 7.80. The van der Waals surface area contributed by atoms with Crippen LogP contribution in [0.2, 0.25) is 0 Å². The predicted molar refractivity (Wildman–Crippen MR) is 177 cm³/mol. The third-order valence-electron chi connectivity index (χ3n) is 7.38. The van der Waals surface area contributed by atoms with E-state index < -0.39 is 17.4 Å². The summed E-state index contributed by atoms with van der Waals surface area (Å²) < 4.78 is 10.6. The van der Waals surface area contributed by atoms with Crippen molar-refractivity contribution in [2.24, 2.45) is 0 Å². The molecule has 6 nitrogen and oxygen atoms in total. The number of aromatic hydroxyl groups is 2. The number of hydrogen-bond acceptors (Lipinski definition) is 7. The van der Waals surface area contributed by atoms with E-state index in [9.17, 15) is 19.8 Å². The molecular formula is C36H53O6S. The molecule has 43 heavy (non-hydrogen) atoms. The summed E-state index contributed by atoms with van der Waals surface area (Å²) in [7, 11) is 0. The summed E-state index contributed by atoms with van der Waals surface area (Å²) >= 11 is 4.25. The third kappa shape index (κ3) is 10.5. The van der Waals surface area contributed by atoms with E-state index in [2.05, 4.69) is 12.6 Å². The van der Waals surface area contributed by atoms with Gasteiger partial charge in [0, 0.05) is 12.8 Å². The first-order valence-corrected chi connectivity index (χ1v) is 15.6. The van der Waals surface area contributed by atoms with E-state index in [0.29, 0.717) is 24.3 Å². The van der Waals surface area contributed by atoms with Crippen LogP contribution in [0.25, 0.3) is 0 Å². The monoisotopic (exact) mass is 613 g/mol. The Morgan fingerprint density at radius 3 is 1.26 bits per heavy atom. The number of phenols is 2. The second kappa shape index (κ2) is 13.5. The van der Waals surface area contributed by atoms with Crippen LogP contribution < -0.4 is 0 Å². The minimum absolute atomic E-state index is 0.115. The van der Waals surface area contributed by atoms with Crippen LogP contribution in [0.4, 0.5) is 0 Å². The van der Waals surface area contributed by atoms with Crippen LogP contribution in [0.1, 0.15) is 129 Å². The molecule has 0 bridgehead atoms. The highest BCUT2D eigenvalue weighted by Gasteiger charge is 2.28. The Morgan fingerprint density at radius 2 is 0.953 bits per heavy atom. The van der Waals surface area contributed by atoms with Gasteiger partial charge in [0.05, 0.1) is 0 Å². The van der Waals surface area contributed by atoms with Gasteiger partial charge in [0.25, 0.3) is 0 Å². The van der Waals surface area contributed by atoms with Crippen molar-refractivity contribution in [2.45, 2.75) is 136 Å². The molecule has 0 saturated carbocycles. The van der Waals surface area contributed by atoms with Gasteiger partial charge in [-0.1, -0.05) is 107 Å². The van der Waals surface area contributed by atoms with Crippen molar-refractivity contribution in [3.05, 3.63) is 64.3 Å². The van der Waals surface area contributed by atoms with Gasteiger partial charge in [0.2, 0.25) is 0 Å². The quantitative estimate of drug-likeness (QED) is 0.150. The van der Waals surface area contributed by atoms with Crippen molar-refractivity contribution in [3.63, 3.8) is 0 Å². The van der Waals surface area contributed by atoms with Crippen molar-refractivity contribution in [3.8, 4) is 11.5 Å². The Balaban J connectivity index is 1.96. The topological polar surface area (TPSA) is 93.1 Å². The van der Waals surface area contributed by atoms with Gasteiger partial charge in [-0.3, -0.25) is 9.59 Å². The van der Waals surface area contributed by atoms with Crippen LogP contribution in [0.5, 0.6) is 11.5 Å². The van der Waals surface area contributed by atoms with E-state index in [1.807, 2.05) is 107 Å². The number of ether oxygens (including phenoxy) is 2. The van der Waals surface area contributed by atoms with Crippen molar-refractivity contribution in [2.75, 3.05) is 0 Å². The Hall–Kier alpha value is -2.67. The maximum Gasteiger partial charge on any atom is 0.307 e. The summed E-state index contributed by atoms with van der Waals surface area (Å²) in [5.41, 5.74) is 3.20. The lowest BCUT2D eigenvalue weighted by Crippen LogP contribution is -2.19. The van der Waals surface area contributed by atoms with Crippen molar-refractivity contribution in [1.82, 2.24) is 0 Å². The summed E-state index contributed by atoms with van der Waals surface area (Å²) in [6, 6.07) is 7.81. The number of phenolic OH excluding ortho intramolecular Hbond substituents is 2. The summed E-state index contributed by atoms with van der Waals surface area (Å²) in [6.45, 7) is 25.7. The summed E-state index contributed by atoms with van der Waals surface area (Å²) in [5, 5.41) is 21.9. The zero-order valence-electron chi connectivity index (χ0n) is 28.3. The lowest BCUT2D eigenvalue weighted by Gasteiger charge is -2.28. The number of carbonyl (C=O) groups excluding carboxylic acids is 2. The van der Waals surface area contributed by atoms with Crippen LogP contribution >= 0.6 is 12.6 Å². The largest absolute Gasteiger partial charge is 0.507 e.